The summed E-state index contributed by atoms with van der Waals surface area (Å²) in [6, 6.07) is 0.346. The summed E-state index contributed by atoms with van der Waals surface area (Å²) in [7, 11) is 0. The number of nitrogens with one attached hydrogen (secondary N) is 1. The van der Waals surface area contributed by atoms with E-state index in [2.05, 4.69) is 41.8 Å². The molecule has 0 saturated carbocycles. The number of hydrogen-bond donors (Lipinski definition) is 1. The summed E-state index contributed by atoms with van der Waals surface area (Å²) >= 11 is 2.08. The van der Waals surface area contributed by atoms with Gasteiger partial charge in [0, 0.05) is 6.04 Å². The van der Waals surface area contributed by atoms with Crippen LogP contribution in [0.5, 0.6) is 0 Å². The SMILES string of the molecule is CCCCCC(C)NC(=O)CI. The van der Waals surface area contributed by atoms with Crippen LogP contribution in [0.2, 0.25) is 0 Å². The van der Waals surface area contributed by atoms with Crippen molar-refractivity contribution in [1.82, 2.24) is 5.32 Å². The Morgan fingerprint density at radius 1 is 1.50 bits per heavy atom. The normalized spacial score (nSPS) is 12.6. The lowest BCUT2D eigenvalue weighted by Gasteiger charge is -2.11. The number of halogens is 1. The Hall–Kier alpha value is 0.200. The van der Waals surface area contributed by atoms with Gasteiger partial charge >= 0.3 is 0 Å². The molecule has 0 radical (unpaired) electrons. The average Bonchev–Trinajstić information content (AvgIpc) is 2.05. The first kappa shape index (κ1) is 12.2. The van der Waals surface area contributed by atoms with Gasteiger partial charge in [0.2, 0.25) is 5.91 Å². The van der Waals surface area contributed by atoms with Crippen LogP contribution in [-0.4, -0.2) is 16.4 Å². The third-order valence-electron chi connectivity index (χ3n) is 1.77. The topological polar surface area (TPSA) is 29.1 Å². The average molecular weight is 283 g/mol. The first-order valence-electron chi connectivity index (χ1n) is 4.56. The quantitative estimate of drug-likeness (QED) is 0.453. The molecule has 0 fully saturated rings. The predicted molar refractivity (Wildman–Crippen MR) is 60.6 cm³/mol. The predicted octanol–water partition coefficient (Wildman–Crippen LogP) is 2.51. The van der Waals surface area contributed by atoms with Crippen molar-refractivity contribution in [2.24, 2.45) is 0 Å². The van der Waals surface area contributed by atoms with E-state index in [0.29, 0.717) is 10.5 Å². The maximum absolute atomic E-state index is 10.9. The van der Waals surface area contributed by atoms with Crippen molar-refractivity contribution in [3.63, 3.8) is 0 Å². The van der Waals surface area contributed by atoms with Gasteiger partial charge in [-0.25, -0.2) is 0 Å². The fourth-order valence-corrected chi connectivity index (χ4v) is 1.31. The van der Waals surface area contributed by atoms with E-state index in [4.69, 9.17) is 0 Å². The Bertz CT molecular complexity index is 128. The highest BCUT2D eigenvalue weighted by atomic mass is 127. The third-order valence-corrected chi connectivity index (χ3v) is 2.46. The minimum atomic E-state index is 0.152. The highest BCUT2D eigenvalue weighted by Crippen LogP contribution is 2.02. The zero-order valence-corrected chi connectivity index (χ0v) is 10.1. The van der Waals surface area contributed by atoms with E-state index in [1.54, 1.807) is 0 Å². The van der Waals surface area contributed by atoms with E-state index >= 15 is 0 Å². The van der Waals surface area contributed by atoms with E-state index in [1.165, 1.54) is 19.3 Å². The summed E-state index contributed by atoms with van der Waals surface area (Å²) in [5.41, 5.74) is 0. The van der Waals surface area contributed by atoms with Crippen LogP contribution in [0.3, 0.4) is 0 Å². The molecular formula is C9H18INO. The molecule has 1 N–H and O–H groups in total. The second-order valence-electron chi connectivity index (χ2n) is 3.10. The fraction of sp³-hybridized carbons (Fsp3) is 0.889. The smallest absolute Gasteiger partial charge is 0.230 e. The number of rotatable bonds is 6. The van der Waals surface area contributed by atoms with Crippen molar-refractivity contribution in [1.29, 1.82) is 0 Å². The van der Waals surface area contributed by atoms with E-state index in [1.807, 2.05) is 0 Å². The zero-order valence-electron chi connectivity index (χ0n) is 7.90. The molecule has 0 spiro atoms. The Morgan fingerprint density at radius 3 is 2.67 bits per heavy atom. The van der Waals surface area contributed by atoms with Gasteiger partial charge in [0.05, 0.1) is 4.43 Å². The maximum atomic E-state index is 10.9. The van der Waals surface area contributed by atoms with Crippen LogP contribution in [0.25, 0.3) is 0 Å². The van der Waals surface area contributed by atoms with Crippen LogP contribution in [-0.2, 0) is 4.79 Å². The number of alkyl halides is 1. The third kappa shape index (κ3) is 6.88. The van der Waals surface area contributed by atoms with Gasteiger partial charge in [-0.15, -0.1) is 0 Å². The summed E-state index contributed by atoms with van der Waals surface area (Å²) in [6.07, 6.45) is 4.84. The molecule has 1 amide bonds. The molecule has 0 bridgehead atoms. The molecule has 1 unspecified atom stereocenters. The maximum Gasteiger partial charge on any atom is 0.230 e. The van der Waals surface area contributed by atoms with Gasteiger partial charge in [0.15, 0.2) is 0 Å². The number of carbonyl (C=O) groups is 1. The summed E-state index contributed by atoms with van der Waals surface area (Å²) < 4.78 is 0.565. The lowest BCUT2D eigenvalue weighted by Crippen LogP contribution is -2.33. The largest absolute Gasteiger partial charge is 0.353 e. The lowest BCUT2D eigenvalue weighted by atomic mass is 10.1. The van der Waals surface area contributed by atoms with Crippen LogP contribution >= 0.6 is 22.6 Å². The highest BCUT2D eigenvalue weighted by molar-refractivity contribution is 14.1. The van der Waals surface area contributed by atoms with Crippen LogP contribution < -0.4 is 5.32 Å². The molecule has 0 saturated heterocycles. The molecule has 1 atom stereocenters. The van der Waals surface area contributed by atoms with Crippen molar-refractivity contribution in [2.45, 2.75) is 45.6 Å². The molecule has 0 aromatic rings. The molecular weight excluding hydrogens is 265 g/mol. The monoisotopic (exact) mass is 283 g/mol. The second-order valence-corrected chi connectivity index (χ2v) is 3.86. The van der Waals surface area contributed by atoms with E-state index in [9.17, 15) is 4.79 Å². The molecule has 72 valence electrons. The van der Waals surface area contributed by atoms with E-state index in [-0.39, 0.29) is 5.91 Å². The van der Waals surface area contributed by atoms with Crippen molar-refractivity contribution < 1.29 is 4.79 Å². The molecule has 0 heterocycles. The van der Waals surface area contributed by atoms with E-state index in [0.717, 1.165) is 6.42 Å². The molecule has 12 heavy (non-hydrogen) atoms. The van der Waals surface area contributed by atoms with Gasteiger partial charge in [-0.05, 0) is 13.3 Å². The molecule has 0 aromatic heterocycles. The standard InChI is InChI=1S/C9H18INO/c1-3-4-5-6-8(2)11-9(12)7-10/h8H,3-7H2,1-2H3,(H,11,12). The zero-order chi connectivity index (χ0) is 9.40. The van der Waals surface area contributed by atoms with Crippen molar-refractivity contribution in [3.05, 3.63) is 0 Å². The van der Waals surface area contributed by atoms with Gasteiger partial charge in [-0.1, -0.05) is 48.8 Å². The number of carbonyl (C=O) groups excluding carboxylic acids is 1. The highest BCUT2D eigenvalue weighted by Gasteiger charge is 2.04. The molecule has 0 aliphatic carbocycles. The van der Waals surface area contributed by atoms with Gasteiger partial charge in [0.1, 0.15) is 0 Å². The van der Waals surface area contributed by atoms with Crippen LogP contribution in [0.4, 0.5) is 0 Å². The summed E-state index contributed by atoms with van der Waals surface area (Å²) in [6.45, 7) is 4.26. The molecule has 0 aromatic carbocycles. The first-order valence-corrected chi connectivity index (χ1v) is 6.08. The van der Waals surface area contributed by atoms with Crippen molar-refractivity contribution in [2.75, 3.05) is 4.43 Å². The lowest BCUT2D eigenvalue weighted by molar-refractivity contribution is -0.118. The number of amides is 1. The minimum absolute atomic E-state index is 0.152. The minimum Gasteiger partial charge on any atom is -0.353 e. The Labute approximate surface area is 88.6 Å². The number of hydrogen-bond acceptors (Lipinski definition) is 1. The molecule has 3 heteroatoms. The van der Waals surface area contributed by atoms with Crippen LogP contribution in [0, 0.1) is 0 Å². The second kappa shape index (κ2) is 7.83. The Balaban J connectivity index is 3.32. The van der Waals surface area contributed by atoms with Gasteiger partial charge in [0.25, 0.3) is 0 Å². The Morgan fingerprint density at radius 2 is 2.17 bits per heavy atom. The van der Waals surface area contributed by atoms with Crippen molar-refractivity contribution in [3.8, 4) is 0 Å². The van der Waals surface area contributed by atoms with Gasteiger partial charge < -0.3 is 5.32 Å². The molecule has 2 nitrogen and oxygen atoms in total. The van der Waals surface area contributed by atoms with Gasteiger partial charge in [-0.2, -0.15) is 0 Å². The van der Waals surface area contributed by atoms with E-state index < -0.39 is 0 Å². The molecule has 0 rings (SSSR count). The van der Waals surface area contributed by atoms with Crippen LogP contribution in [0.15, 0.2) is 0 Å². The Kier molecular flexibility index (Phi) is 7.96. The summed E-state index contributed by atoms with van der Waals surface area (Å²) in [4.78, 5) is 10.9. The summed E-state index contributed by atoms with van der Waals surface area (Å²) in [5.74, 6) is 0.152. The number of unbranched alkanes of at least 4 members (excludes halogenated alkanes) is 2. The molecule has 0 aliphatic rings. The van der Waals surface area contributed by atoms with Crippen molar-refractivity contribution >= 4 is 28.5 Å². The van der Waals surface area contributed by atoms with Crippen LogP contribution in [0.1, 0.15) is 39.5 Å². The molecule has 0 aliphatic heterocycles. The fourth-order valence-electron chi connectivity index (χ4n) is 1.09. The van der Waals surface area contributed by atoms with Gasteiger partial charge in [-0.3, -0.25) is 4.79 Å². The summed E-state index contributed by atoms with van der Waals surface area (Å²) in [5, 5.41) is 2.94. The first-order chi connectivity index (χ1) is 5.70.